The van der Waals surface area contributed by atoms with Crippen molar-refractivity contribution >= 4 is 15.9 Å². The molecule has 0 bridgehead atoms. The topological polar surface area (TPSA) is 18.5 Å². The monoisotopic (exact) mass is 662 g/mol. The highest BCUT2D eigenvalue weighted by molar-refractivity contribution is 9.09. The summed E-state index contributed by atoms with van der Waals surface area (Å²) in [5.74, 6) is 0. The van der Waals surface area contributed by atoms with Crippen molar-refractivity contribution in [3.63, 3.8) is 0 Å². The van der Waals surface area contributed by atoms with E-state index >= 15 is 0 Å². The van der Waals surface area contributed by atoms with E-state index in [2.05, 4.69) is 49.7 Å². The number of ether oxygens (including phenoxy) is 2. The van der Waals surface area contributed by atoms with Gasteiger partial charge < -0.3 is 0 Å². The van der Waals surface area contributed by atoms with Gasteiger partial charge in [0.1, 0.15) is 0 Å². The van der Waals surface area contributed by atoms with Crippen LogP contribution < -0.4 is 0 Å². The Labute approximate surface area is 253 Å². The molecule has 242 valence electrons. The van der Waals surface area contributed by atoms with Gasteiger partial charge in [0.2, 0.25) is 0 Å². The number of benzene rings is 1. The molecule has 0 unspecified atom stereocenters. The van der Waals surface area contributed by atoms with E-state index in [-0.39, 0.29) is 13.2 Å². The Morgan fingerprint density at radius 1 is 0.439 bits per heavy atom. The van der Waals surface area contributed by atoms with Crippen molar-refractivity contribution in [2.45, 2.75) is 148 Å². The second kappa shape index (κ2) is 28.0. The van der Waals surface area contributed by atoms with Crippen LogP contribution in [-0.2, 0) is 15.9 Å². The molecule has 9 heteroatoms. The second-order valence-corrected chi connectivity index (χ2v) is 11.4. The van der Waals surface area contributed by atoms with Crippen LogP contribution in [0.15, 0.2) is 30.3 Å². The van der Waals surface area contributed by atoms with Crippen LogP contribution in [-0.4, -0.2) is 31.3 Å². The van der Waals surface area contributed by atoms with Gasteiger partial charge in [0.15, 0.2) is 0 Å². The summed E-state index contributed by atoms with van der Waals surface area (Å²) in [6, 6.07) is 10.6. The van der Waals surface area contributed by atoms with E-state index in [1.165, 1.54) is 89.0 Å². The van der Waals surface area contributed by atoms with Crippen LogP contribution in [0, 0.1) is 0 Å². The number of halogens is 7. The minimum Gasteiger partial charge on any atom is -0.292 e. The molecule has 1 aromatic carbocycles. The van der Waals surface area contributed by atoms with Crippen molar-refractivity contribution in [3.05, 3.63) is 35.9 Å². The fourth-order valence-corrected chi connectivity index (χ4v) is 4.87. The molecule has 0 N–H and O–H groups in total. The SMILES string of the molecule is FC(F)(F)OCCCCCCCCCCCCBr.FC(F)(F)OCCCCCCCCCCCCc1ccccc1. The molecule has 41 heavy (non-hydrogen) atoms. The van der Waals surface area contributed by atoms with Gasteiger partial charge in [-0.15, -0.1) is 26.3 Å². The summed E-state index contributed by atoms with van der Waals surface area (Å²) in [6.45, 7) is -0.402. The minimum absolute atomic E-state index is 0.198. The number of unbranched alkanes of at least 4 members (excludes halogenated alkanes) is 18. The fourth-order valence-electron chi connectivity index (χ4n) is 4.48. The van der Waals surface area contributed by atoms with Crippen molar-refractivity contribution in [2.75, 3.05) is 18.5 Å². The third-order valence-electron chi connectivity index (χ3n) is 6.76. The highest BCUT2D eigenvalue weighted by Gasteiger charge is 2.28. The summed E-state index contributed by atoms with van der Waals surface area (Å²) in [5.41, 5.74) is 1.42. The third-order valence-corrected chi connectivity index (χ3v) is 7.32. The molecule has 0 aromatic heterocycles. The molecule has 0 atom stereocenters. The lowest BCUT2D eigenvalue weighted by Crippen LogP contribution is -2.13. The summed E-state index contributed by atoms with van der Waals surface area (Å²) in [6.07, 6.45) is 14.3. The lowest BCUT2D eigenvalue weighted by molar-refractivity contribution is -0.325. The van der Waals surface area contributed by atoms with Crippen molar-refractivity contribution in [1.29, 1.82) is 0 Å². The predicted molar refractivity (Wildman–Crippen MR) is 160 cm³/mol. The van der Waals surface area contributed by atoms with Gasteiger partial charge in [0.25, 0.3) is 0 Å². The number of rotatable bonds is 25. The van der Waals surface area contributed by atoms with E-state index in [0.717, 1.165) is 43.9 Å². The van der Waals surface area contributed by atoms with Gasteiger partial charge in [0.05, 0.1) is 13.2 Å². The Morgan fingerprint density at radius 2 is 0.756 bits per heavy atom. The molecule has 1 aromatic rings. The van der Waals surface area contributed by atoms with Gasteiger partial charge in [-0.1, -0.05) is 149 Å². The Balaban J connectivity index is 0.000000807. The fraction of sp³-hybridized carbons (Fsp3) is 0.812. The molecule has 0 spiro atoms. The smallest absolute Gasteiger partial charge is 0.292 e. The first-order valence-electron chi connectivity index (χ1n) is 15.7. The first kappa shape index (κ1) is 40.2. The molecular weight excluding hydrogens is 610 g/mol. The molecule has 0 saturated carbocycles. The van der Waals surface area contributed by atoms with Crippen LogP contribution in [0.3, 0.4) is 0 Å². The molecule has 0 fully saturated rings. The van der Waals surface area contributed by atoms with Crippen LogP contribution in [0.1, 0.15) is 134 Å². The third kappa shape index (κ3) is 35.3. The minimum atomic E-state index is -4.47. The molecular formula is C32H53BrF6O2. The average Bonchev–Trinajstić information content (AvgIpc) is 2.91. The summed E-state index contributed by atoms with van der Waals surface area (Å²) in [5, 5.41) is 1.09. The van der Waals surface area contributed by atoms with Crippen molar-refractivity contribution in [3.8, 4) is 0 Å². The Bertz CT molecular complexity index is 656. The molecule has 0 amide bonds. The van der Waals surface area contributed by atoms with Gasteiger partial charge in [-0.25, -0.2) is 0 Å². The maximum absolute atomic E-state index is 11.7. The largest absolute Gasteiger partial charge is 0.522 e. The maximum Gasteiger partial charge on any atom is 0.522 e. The summed E-state index contributed by atoms with van der Waals surface area (Å²) < 4.78 is 77.6. The van der Waals surface area contributed by atoms with Crippen LogP contribution in [0.5, 0.6) is 0 Å². The van der Waals surface area contributed by atoms with E-state index in [9.17, 15) is 26.3 Å². The average molecular weight is 664 g/mol. The normalized spacial score (nSPS) is 11.9. The van der Waals surface area contributed by atoms with Crippen LogP contribution in [0.25, 0.3) is 0 Å². The molecule has 0 aliphatic rings. The van der Waals surface area contributed by atoms with Crippen LogP contribution in [0.4, 0.5) is 26.3 Å². The number of aryl methyl sites for hydroxylation is 1. The maximum atomic E-state index is 11.7. The van der Waals surface area contributed by atoms with Gasteiger partial charge in [-0.05, 0) is 37.7 Å². The first-order valence-corrected chi connectivity index (χ1v) is 16.8. The van der Waals surface area contributed by atoms with Crippen LogP contribution in [0.2, 0.25) is 0 Å². The molecule has 0 saturated heterocycles. The Morgan fingerprint density at radius 3 is 1.10 bits per heavy atom. The summed E-state index contributed by atoms with van der Waals surface area (Å²) >= 11 is 3.40. The van der Waals surface area contributed by atoms with Crippen molar-refractivity contribution in [2.24, 2.45) is 0 Å². The number of hydrogen-bond acceptors (Lipinski definition) is 2. The van der Waals surface area contributed by atoms with Crippen molar-refractivity contribution < 1.29 is 35.8 Å². The zero-order valence-electron chi connectivity index (χ0n) is 24.8. The standard InChI is InChI=1S/C19H29F3O.C13H24BrF3O/c20-19(21,22)23-17-13-8-6-4-2-1-3-5-7-10-14-18-15-11-9-12-16-18;14-11-9-7-5-3-1-2-4-6-8-10-12-18-13(15,16)17/h9,11-12,15-16H,1-8,10,13-14,17H2;1-12H2. The van der Waals surface area contributed by atoms with Crippen LogP contribution >= 0.6 is 15.9 Å². The van der Waals surface area contributed by atoms with E-state index < -0.39 is 12.7 Å². The van der Waals surface area contributed by atoms with Gasteiger partial charge in [0, 0.05) is 5.33 Å². The quantitative estimate of drug-likeness (QED) is 0.0589. The summed E-state index contributed by atoms with van der Waals surface area (Å²) in [7, 11) is 0. The van der Waals surface area contributed by atoms with E-state index in [1.54, 1.807) is 0 Å². The number of alkyl halides is 7. The molecule has 0 radical (unpaired) electrons. The highest BCUT2D eigenvalue weighted by Crippen LogP contribution is 2.18. The molecule has 2 nitrogen and oxygen atoms in total. The van der Waals surface area contributed by atoms with E-state index in [4.69, 9.17) is 0 Å². The second-order valence-electron chi connectivity index (χ2n) is 10.6. The van der Waals surface area contributed by atoms with Crippen molar-refractivity contribution in [1.82, 2.24) is 0 Å². The summed E-state index contributed by atoms with van der Waals surface area (Å²) in [4.78, 5) is 0. The molecule has 0 heterocycles. The Hall–Kier alpha value is -0.800. The Kier molecular flexibility index (Phi) is 27.5. The number of hydrogen-bond donors (Lipinski definition) is 0. The predicted octanol–water partition coefficient (Wildman–Crippen LogP) is 12.5. The van der Waals surface area contributed by atoms with Gasteiger partial charge in [-0.2, -0.15) is 0 Å². The zero-order chi connectivity index (χ0) is 30.5. The lowest BCUT2D eigenvalue weighted by Gasteiger charge is -2.06. The van der Waals surface area contributed by atoms with E-state index in [1.807, 2.05) is 6.07 Å². The molecule has 1 rings (SSSR count). The lowest BCUT2D eigenvalue weighted by atomic mass is 10.0. The molecule has 0 aliphatic heterocycles. The van der Waals surface area contributed by atoms with E-state index in [0.29, 0.717) is 12.8 Å². The van der Waals surface area contributed by atoms with Gasteiger partial charge in [-0.3, -0.25) is 9.47 Å². The van der Waals surface area contributed by atoms with Gasteiger partial charge >= 0.3 is 12.7 Å². The zero-order valence-corrected chi connectivity index (χ0v) is 26.4. The molecule has 0 aliphatic carbocycles. The highest BCUT2D eigenvalue weighted by atomic mass is 79.9. The first-order chi connectivity index (χ1) is 19.6.